The van der Waals surface area contributed by atoms with Crippen LogP contribution in [0.2, 0.25) is 0 Å². The highest BCUT2D eigenvalue weighted by Crippen LogP contribution is 1.93. The molecular weight excluding hydrogens is 174 g/mol. The van der Waals surface area contributed by atoms with Gasteiger partial charge in [-0.15, -0.1) is 12.4 Å². The van der Waals surface area contributed by atoms with Crippen LogP contribution in [0.5, 0.6) is 0 Å². The van der Waals surface area contributed by atoms with E-state index in [1.807, 2.05) is 0 Å². The fraction of sp³-hybridized carbons (Fsp3) is 1.00. The first-order valence-corrected chi connectivity index (χ1v) is 4.53. The van der Waals surface area contributed by atoms with Crippen molar-refractivity contribution in [1.29, 1.82) is 0 Å². The fourth-order valence-corrected chi connectivity index (χ4v) is 1.10. The molecule has 0 aliphatic rings. The number of nitrogens with one attached hydrogen (secondary N) is 1. The summed E-state index contributed by atoms with van der Waals surface area (Å²) in [5.41, 5.74) is 0. The van der Waals surface area contributed by atoms with E-state index in [0.717, 1.165) is 0 Å². The van der Waals surface area contributed by atoms with Gasteiger partial charge in [-0.3, -0.25) is 0 Å². The molecule has 0 amide bonds. The monoisotopic (exact) mass is 187 g/mol. The first kappa shape index (κ1) is 12.8. The van der Waals surface area contributed by atoms with Crippen LogP contribution in [0, 0.1) is 0 Å². The molecule has 0 heterocycles. The van der Waals surface area contributed by atoms with Crippen molar-refractivity contribution < 1.29 is 8.42 Å². The van der Waals surface area contributed by atoms with Crippen molar-refractivity contribution in [2.75, 3.05) is 6.54 Å². The second-order valence-electron chi connectivity index (χ2n) is 2.09. The van der Waals surface area contributed by atoms with E-state index in [1.54, 1.807) is 20.8 Å². The largest absolute Gasteiger partial charge is 0.215 e. The highest BCUT2D eigenvalue weighted by molar-refractivity contribution is 7.90. The molecule has 0 aliphatic heterocycles. The molecule has 0 unspecified atom stereocenters. The number of hydrogen-bond donors (Lipinski definition) is 1. The quantitative estimate of drug-likeness (QED) is 0.709. The summed E-state index contributed by atoms with van der Waals surface area (Å²) in [7, 11) is -3.00. The molecule has 0 aliphatic carbocycles. The molecule has 0 saturated heterocycles. The van der Waals surface area contributed by atoms with Crippen LogP contribution in [0.4, 0.5) is 0 Å². The van der Waals surface area contributed by atoms with Crippen LogP contribution in [0.15, 0.2) is 0 Å². The molecule has 0 bridgehead atoms. The molecule has 0 atom stereocenters. The summed E-state index contributed by atoms with van der Waals surface area (Å²) in [4.78, 5) is 0. The zero-order valence-electron chi connectivity index (χ0n) is 6.42. The van der Waals surface area contributed by atoms with E-state index in [1.165, 1.54) is 0 Å². The Morgan fingerprint density at radius 1 is 1.40 bits per heavy atom. The van der Waals surface area contributed by atoms with Gasteiger partial charge in [-0.05, 0) is 13.8 Å². The summed E-state index contributed by atoms with van der Waals surface area (Å²) in [6, 6.07) is 0. The molecule has 0 spiro atoms. The Morgan fingerprint density at radius 2 is 1.80 bits per heavy atom. The second-order valence-corrected chi connectivity index (χ2v) is 4.41. The Morgan fingerprint density at radius 3 is 1.90 bits per heavy atom. The van der Waals surface area contributed by atoms with Crippen molar-refractivity contribution >= 4 is 22.4 Å². The van der Waals surface area contributed by atoms with E-state index < -0.39 is 10.0 Å². The minimum absolute atomic E-state index is 0. The predicted octanol–water partition coefficient (Wildman–Crippen LogP) is 0.756. The fourth-order valence-electron chi connectivity index (χ4n) is 0.368. The van der Waals surface area contributed by atoms with Crippen molar-refractivity contribution in [2.45, 2.75) is 26.0 Å². The van der Waals surface area contributed by atoms with E-state index in [9.17, 15) is 8.42 Å². The van der Waals surface area contributed by atoms with Crippen LogP contribution in [-0.4, -0.2) is 20.2 Å². The van der Waals surface area contributed by atoms with Crippen molar-refractivity contribution in [2.24, 2.45) is 0 Å². The normalized spacial score (nSPS) is 11.2. The van der Waals surface area contributed by atoms with Crippen LogP contribution in [0.25, 0.3) is 0 Å². The topological polar surface area (TPSA) is 46.2 Å². The first-order chi connectivity index (χ1) is 4.00. The van der Waals surface area contributed by atoms with Crippen LogP contribution < -0.4 is 4.72 Å². The number of halogens is 1. The minimum atomic E-state index is -3.00. The minimum Gasteiger partial charge on any atom is -0.215 e. The highest BCUT2D eigenvalue weighted by Gasteiger charge is 2.12. The van der Waals surface area contributed by atoms with Crippen molar-refractivity contribution in [3.05, 3.63) is 0 Å². The zero-order chi connectivity index (χ0) is 7.49. The van der Waals surface area contributed by atoms with Gasteiger partial charge in [-0.25, -0.2) is 13.1 Å². The predicted molar refractivity (Wildman–Crippen MR) is 45.0 cm³/mol. The lowest BCUT2D eigenvalue weighted by molar-refractivity contribution is 0.575. The summed E-state index contributed by atoms with van der Waals surface area (Å²) < 4.78 is 24.0. The number of sulfonamides is 1. The molecule has 0 saturated carbocycles. The number of hydrogen-bond acceptors (Lipinski definition) is 2. The standard InChI is InChI=1S/C5H13NO2S.ClH/c1-4-6-9(7,8)5(2)3;/h5-6H,4H2,1-3H3;1H. The third-order valence-corrected chi connectivity index (χ3v) is 2.90. The average molecular weight is 188 g/mol. The summed E-state index contributed by atoms with van der Waals surface area (Å²) in [5.74, 6) is 0. The van der Waals surface area contributed by atoms with Gasteiger partial charge < -0.3 is 0 Å². The van der Waals surface area contributed by atoms with Crippen LogP contribution in [0.3, 0.4) is 0 Å². The maximum absolute atomic E-state index is 10.8. The molecular formula is C5H14ClNO2S. The van der Waals surface area contributed by atoms with Gasteiger partial charge in [0.25, 0.3) is 0 Å². The molecule has 64 valence electrons. The van der Waals surface area contributed by atoms with Gasteiger partial charge in [0.15, 0.2) is 0 Å². The molecule has 0 aromatic heterocycles. The van der Waals surface area contributed by atoms with E-state index in [0.29, 0.717) is 6.54 Å². The van der Waals surface area contributed by atoms with Crippen molar-refractivity contribution in [1.82, 2.24) is 4.72 Å². The van der Waals surface area contributed by atoms with E-state index in [2.05, 4.69) is 4.72 Å². The Hall–Kier alpha value is 0.200. The van der Waals surface area contributed by atoms with Crippen LogP contribution in [-0.2, 0) is 10.0 Å². The maximum Gasteiger partial charge on any atom is 0.213 e. The summed E-state index contributed by atoms with van der Waals surface area (Å²) in [6.45, 7) is 5.54. The SMILES string of the molecule is CCNS(=O)(=O)C(C)C.Cl. The molecule has 0 rings (SSSR count). The Balaban J connectivity index is 0. The van der Waals surface area contributed by atoms with E-state index >= 15 is 0 Å². The smallest absolute Gasteiger partial charge is 0.213 e. The van der Waals surface area contributed by atoms with Gasteiger partial charge in [-0.2, -0.15) is 0 Å². The van der Waals surface area contributed by atoms with Gasteiger partial charge in [0.05, 0.1) is 5.25 Å². The number of rotatable bonds is 3. The maximum atomic E-state index is 10.8. The Labute approximate surface area is 68.7 Å². The molecule has 0 aromatic rings. The summed E-state index contributed by atoms with van der Waals surface area (Å²) in [6.07, 6.45) is 0. The third kappa shape index (κ3) is 4.09. The molecule has 0 fully saturated rings. The molecule has 0 radical (unpaired) electrons. The van der Waals surface area contributed by atoms with Crippen LogP contribution in [0.1, 0.15) is 20.8 Å². The third-order valence-electron chi connectivity index (χ3n) is 0.966. The van der Waals surface area contributed by atoms with Crippen molar-refractivity contribution in [3.63, 3.8) is 0 Å². The molecule has 5 heteroatoms. The van der Waals surface area contributed by atoms with Gasteiger partial charge in [-0.1, -0.05) is 6.92 Å². The lowest BCUT2D eigenvalue weighted by Gasteiger charge is -2.05. The van der Waals surface area contributed by atoms with Gasteiger partial charge in [0.1, 0.15) is 0 Å². The van der Waals surface area contributed by atoms with Gasteiger partial charge >= 0.3 is 0 Å². The van der Waals surface area contributed by atoms with E-state index in [4.69, 9.17) is 0 Å². The first-order valence-electron chi connectivity index (χ1n) is 2.99. The summed E-state index contributed by atoms with van der Waals surface area (Å²) >= 11 is 0. The molecule has 3 nitrogen and oxygen atoms in total. The van der Waals surface area contributed by atoms with Gasteiger partial charge in [0, 0.05) is 6.54 Å². The van der Waals surface area contributed by atoms with Crippen molar-refractivity contribution in [3.8, 4) is 0 Å². The lowest BCUT2D eigenvalue weighted by atomic mass is 10.6. The van der Waals surface area contributed by atoms with Crippen LogP contribution >= 0.6 is 12.4 Å². The summed E-state index contributed by atoms with van der Waals surface area (Å²) in [5, 5.41) is -0.322. The second kappa shape index (κ2) is 4.93. The highest BCUT2D eigenvalue weighted by atomic mass is 35.5. The zero-order valence-corrected chi connectivity index (χ0v) is 8.05. The molecule has 1 N–H and O–H groups in total. The van der Waals surface area contributed by atoms with E-state index in [-0.39, 0.29) is 17.7 Å². The molecule has 10 heavy (non-hydrogen) atoms. The Bertz CT molecular complexity index is 164. The molecule has 0 aromatic carbocycles. The Kier molecular flexibility index (Phi) is 6.33. The lowest BCUT2D eigenvalue weighted by Crippen LogP contribution is -2.30. The van der Waals surface area contributed by atoms with Gasteiger partial charge in [0.2, 0.25) is 10.0 Å². The average Bonchev–Trinajstić information content (AvgIpc) is 1.65.